The average molecular weight is 397 g/mol. The van der Waals surface area contributed by atoms with Gasteiger partial charge in [-0.1, -0.05) is 0 Å². The molecule has 3 rings (SSSR count). The molecule has 2 aromatic carbocycles. The Balaban J connectivity index is 1.60. The summed E-state index contributed by atoms with van der Waals surface area (Å²) in [6.45, 7) is 0. The first-order valence-corrected chi connectivity index (χ1v) is 8.54. The molecule has 9 nitrogen and oxygen atoms in total. The second-order valence-electron chi connectivity index (χ2n) is 5.48. The smallest absolute Gasteiger partial charge is 0.345 e. The van der Waals surface area contributed by atoms with Crippen LogP contribution in [0.25, 0.3) is 0 Å². The van der Waals surface area contributed by atoms with Crippen molar-refractivity contribution in [2.75, 3.05) is 7.11 Å². The number of esters is 2. The summed E-state index contributed by atoms with van der Waals surface area (Å²) in [6.07, 6.45) is 1.69. The van der Waals surface area contributed by atoms with Gasteiger partial charge in [-0.3, -0.25) is 4.99 Å². The number of methoxy groups -OCH3 is 1. The second kappa shape index (κ2) is 8.91. The molecule has 142 valence electrons. The molecule has 1 atom stereocenters. The van der Waals surface area contributed by atoms with Crippen LogP contribution < -0.4 is 4.74 Å². The highest BCUT2D eigenvalue weighted by Gasteiger charge is 2.24. The van der Waals surface area contributed by atoms with E-state index < -0.39 is 17.2 Å². The van der Waals surface area contributed by atoms with Crippen molar-refractivity contribution in [3.8, 4) is 5.75 Å². The quantitative estimate of drug-likeness (QED) is 0.283. The summed E-state index contributed by atoms with van der Waals surface area (Å²) in [5, 5.41) is 11.5. The average Bonchev–Trinajstić information content (AvgIpc) is 3.27. The first kappa shape index (κ1) is 19.2. The molecule has 28 heavy (non-hydrogen) atoms. The molecule has 3 aromatic rings. The number of hydrogen-bond donors (Lipinski definition) is 2. The Labute approximate surface area is 165 Å². The van der Waals surface area contributed by atoms with Gasteiger partial charge >= 0.3 is 11.9 Å². The molecule has 1 N–H and O–H groups in total. The number of ether oxygens (including phenoxy) is 2. The highest BCUT2D eigenvalue weighted by atomic mass is 32.1. The number of thiol groups is 1. The first-order chi connectivity index (χ1) is 13.6. The number of aromatic amines is 1. The van der Waals surface area contributed by atoms with E-state index in [-0.39, 0.29) is 11.4 Å². The van der Waals surface area contributed by atoms with Crippen LogP contribution in [0.5, 0.6) is 5.75 Å². The van der Waals surface area contributed by atoms with Gasteiger partial charge in [-0.2, -0.15) is 12.6 Å². The van der Waals surface area contributed by atoms with E-state index in [0.29, 0.717) is 5.69 Å². The van der Waals surface area contributed by atoms with Crippen molar-refractivity contribution in [1.29, 1.82) is 0 Å². The minimum atomic E-state index is -1.09. The van der Waals surface area contributed by atoms with Crippen LogP contribution in [0, 0.1) is 0 Å². The topological polar surface area (TPSA) is 119 Å². The molecule has 0 saturated carbocycles. The second-order valence-corrected chi connectivity index (χ2v) is 5.99. The summed E-state index contributed by atoms with van der Waals surface area (Å²) in [7, 11) is 1.60. The standard InChI is InChI=1S/C18H15N5O4S/c1-26-14-8-2-11(3-9-14)10-19-13-6-4-12(5-7-13)17(24)27-18(25)15(28)16-20-22-23-21-16/h2-10,15,28H,1H3,(H,20,21,22,23). The van der Waals surface area contributed by atoms with Crippen LogP contribution in [-0.4, -0.2) is 45.9 Å². The molecule has 1 unspecified atom stereocenters. The van der Waals surface area contributed by atoms with E-state index in [0.717, 1.165) is 11.3 Å². The van der Waals surface area contributed by atoms with Crippen LogP contribution in [0.3, 0.4) is 0 Å². The Kier molecular flexibility index (Phi) is 6.12. The number of hydrogen-bond acceptors (Lipinski definition) is 9. The van der Waals surface area contributed by atoms with Crippen molar-refractivity contribution in [2.24, 2.45) is 4.99 Å². The zero-order chi connectivity index (χ0) is 19.9. The van der Waals surface area contributed by atoms with Gasteiger partial charge in [-0.25, -0.2) is 14.7 Å². The fraction of sp³-hybridized carbons (Fsp3) is 0.111. The van der Waals surface area contributed by atoms with Gasteiger partial charge in [0.15, 0.2) is 11.1 Å². The first-order valence-electron chi connectivity index (χ1n) is 8.02. The fourth-order valence-corrected chi connectivity index (χ4v) is 2.28. The van der Waals surface area contributed by atoms with Gasteiger partial charge in [0, 0.05) is 6.21 Å². The third kappa shape index (κ3) is 4.80. The molecule has 1 aromatic heterocycles. The van der Waals surface area contributed by atoms with Crippen molar-refractivity contribution in [2.45, 2.75) is 5.25 Å². The summed E-state index contributed by atoms with van der Waals surface area (Å²) in [5.74, 6) is -0.836. The summed E-state index contributed by atoms with van der Waals surface area (Å²) < 4.78 is 9.90. The van der Waals surface area contributed by atoms with E-state index in [1.54, 1.807) is 25.5 Å². The zero-order valence-corrected chi connectivity index (χ0v) is 15.5. The highest BCUT2D eigenvalue weighted by molar-refractivity contribution is 7.81. The lowest BCUT2D eigenvalue weighted by Crippen LogP contribution is -2.17. The zero-order valence-electron chi connectivity index (χ0n) is 14.6. The van der Waals surface area contributed by atoms with E-state index in [1.807, 2.05) is 24.3 Å². The number of benzene rings is 2. The van der Waals surface area contributed by atoms with Crippen molar-refractivity contribution in [3.05, 3.63) is 65.5 Å². The number of nitrogens with one attached hydrogen (secondary N) is 1. The van der Waals surface area contributed by atoms with Crippen molar-refractivity contribution in [1.82, 2.24) is 20.6 Å². The fourth-order valence-electron chi connectivity index (χ4n) is 2.12. The SMILES string of the molecule is COc1ccc(C=Nc2ccc(C(=O)OC(=O)C(S)c3nnn[nH]3)cc2)cc1. The minimum absolute atomic E-state index is 0.0874. The van der Waals surface area contributed by atoms with Gasteiger partial charge in [0.05, 0.1) is 18.4 Å². The predicted molar refractivity (Wildman–Crippen MR) is 103 cm³/mol. The number of aliphatic imine (C=N–C) groups is 1. The molecule has 0 aliphatic heterocycles. The Morgan fingerprint density at radius 3 is 2.46 bits per heavy atom. The van der Waals surface area contributed by atoms with Gasteiger partial charge in [-0.05, 0) is 64.5 Å². The van der Waals surface area contributed by atoms with E-state index in [1.165, 1.54) is 12.1 Å². The molecule has 0 saturated heterocycles. The molecule has 0 aliphatic rings. The van der Waals surface area contributed by atoms with Gasteiger partial charge in [0.25, 0.3) is 0 Å². The summed E-state index contributed by atoms with van der Waals surface area (Å²) in [6, 6.07) is 13.7. The summed E-state index contributed by atoms with van der Waals surface area (Å²) >= 11 is 4.03. The molecular formula is C18H15N5O4S. The third-order valence-electron chi connectivity index (χ3n) is 3.62. The number of tetrazole rings is 1. The highest BCUT2D eigenvalue weighted by Crippen LogP contribution is 2.19. The summed E-state index contributed by atoms with van der Waals surface area (Å²) in [4.78, 5) is 28.4. The normalized spacial score (nSPS) is 11.9. The Morgan fingerprint density at radius 2 is 1.86 bits per heavy atom. The van der Waals surface area contributed by atoms with Crippen LogP contribution in [0.1, 0.15) is 27.0 Å². The lowest BCUT2D eigenvalue weighted by molar-refractivity contribution is -0.137. The molecule has 0 radical (unpaired) electrons. The number of aromatic nitrogens is 4. The Morgan fingerprint density at radius 1 is 1.14 bits per heavy atom. The lowest BCUT2D eigenvalue weighted by Gasteiger charge is -2.06. The molecule has 0 bridgehead atoms. The number of carbonyl (C=O) groups is 2. The van der Waals surface area contributed by atoms with E-state index in [4.69, 9.17) is 9.47 Å². The molecule has 10 heteroatoms. The van der Waals surface area contributed by atoms with Gasteiger partial charge in [0.1, 0.15) is 5.75 Å². The van der Waals surface area contributed by atoms with Crippen LogP contribution in [-0.2, 0) is 9.53 Å². The molecular weight excluding hydrogens is 382 g/mol. The number of H-pyrrole nitrogens is 1. The van der Waals surface area contributed by atoms with E-state index in [9.17, 15) is 9.59 Å². The maximum atomic E-state index is 12.1. The van der Waals surface area contributed by atoms with Gasteiger partial charge in [0.2, 0.25) is 0 Å². The predicted octanol–water partition coefficient (Wildman–Crippen LogP) is 2.31. The molecule has 0 amide bonds. The van der Waals surface area contributed by atoms with Crippen LogP contribution in [0.2, 0.25) is 0 Å². The maximum absolute atomic E-state index is 12.1. The van der Waals surface area contributed by atoms with Gasteiger partial charge in [-0.15, -0.1) is 5.10 Å². The number of carbonyl (C=O) groups excluding carboxylic acids is 2. The van der Waals surface area contributed by atoms with Crippen LogP contribution in [0.4, 0.5) is 5.69 Å². The Bertz CT molecular complexity index is 972. The lowest BCUT2D eigenvalue weighted by atomic mass is 10.2. The third-order valence-corrected chi connectivity index (χ3v) is 4.07. The van der Waals surface area contributed by atoms with Crippen molar-refractivity contribution in [3.63, 3.8) is 0 Å². The van der Waals surface area contributed by atoms with E-state index in [2.05, 4.69) is 38.2 Å². The van der Waals surface area contributed by atoms with E-state index >= 15 is 0 Å². The number of rotatable bonds is 6. The molecule has 0 spiro atoms. The minimum Gasteiger partial charge on any atom is -0.497 e. The summed E-state index contributed by atoms with van der Waals surface area (Å²) in [5.41, 5.74) is 1.74. The van der Waals surface area contributed by atoms with Crippen LogP contribution in [0.15, 0.2) is 53.5 Å². The van der Waals surface area contributed by atoms with Crippen LogP contribution >= 0.6 is 12.6 Å². The largest absolute Gasteiger partial charge is 0.497 e. The van der Waals surface area contributed by atoms with Gasteiger partial charge < -0.3 is 9.47 Å². The molecule has 0 fully saturated rings. The Hall–Kier alpha value is -3.53. The number of nitrogens with zero attached hydrogens (tertiary/aromatic N) is 4. The molecule has 1 heterocycles. The van der Waals surface area contributed by atoms with Crippen molar-refractivity contribution < 1.29 is 19.1 Å². The van der Waals surface area contributed by atoms with Crippen molar-refractivity contribution >= 4 is 36.5 Å². The monoisotopic (exact) mass is 397 g/mol. The maximum Gasteiger partial charge on any atom is 0.345 e. The molecule has 0 aliphatic carbocycles.